The quantitative estimate of drug-likeness (QED) is 0.157. The first-order chi connectivity index (χ1) is 24.6. The first-order valence-electron chi connectivity index (χ1n) is 18.4. The molecule has 0 N–H and O–H groups in total. The molecule has 0 radical (unpaired) electrons. The molecule has 0 amide bonds. The van der Waals surface area contributed by atoms with Crippen LogP contribution in [-0.4, -0.2) is 4.57 Å². The third kappa shape index (κ3) is 4.99. The maximum atomic E-state index is 4.46. The number of nitrogens with zero attached hydrogens (tertiary/aromatic N) is 2. The van der Waals surface area contributed by atoms with Crippen LogP contribution < -0.4 is 4.90 Å². The highest BCUT2D eigenvalue weighted by Gasteiger charge is 2.45. The van der Waals surface area contributed by atoms with Gasteiger partial charge in [-0.25, -0.2) is 0 Å². The molecular formula is C49H48N2. The van der Waals surface area contributed by atoms with Gasteiger partial charge in [0.05, 0.1) is 0 Å². The molecule has 8 rings (SSSR count). The standard InChI is InChI=1S/C49H48N2/c1-9-18-47-32(3)42(33(4)50(47)35-19-12-11-13-20-35)29-34(10-2)51(36-25-27-40-38-21-14-16-23-43(38)48(5,6)45(40)30-36)37-26-28-41-39-22-15-17-24-44(39)49(7,8)46(41)31-37/h9-31,38,43H,2H2,1,3-8H3/b18-9-,34-29+. The summed E-state index contributed by atoms with van der Waals surface area (Å²) in [6, 6.07) is 33.8. The number of hydrogen-bond acceptors (Lipinski definition) is 1. The van der Waals surface area contributed by atoms with Crippen LogP contribution in [0, 0.1) is 19.8 Å². The number of benzene rings is 4. The molecule has 0 aliphatic heterocycles. The molecule has 4 aromatic carbocycles. The van der Waals surface area contributed by atoms with Crippen LogP contribution in [-0.2, 0) is 10.8 Å². The van der Waals surface area contributed by atoms with Gasteiger partial charge in [-0.2, -0.15) is 0 Å². The van der Waals surface area contributed by atoms with E-state index in [1.807, 2.05) is 6.08 Å². The first-order valence-corrected chi connectivity index (χ1v) is 18.4. The normalized spacial score (nSPS) is 19.2. The number of allylic oxidation sites excluding steroid dienone is 6. The zero-order chi connectivity index (χ0) is 35.7. The van der Waals surface area contributed by atoms with Gasteiger partial charge in [0.15, 0.2) is 0 Å². The third-order valence-electron chi connectivity index (χ3n) is 12.0. The summed E-state index contributed by atoms with van der Waals surface area (Å²) in [5, 5.41) is 0. The Kier molecular flexibility index (Phi) is 7.83. The van der Waals surface area contributed by atoms with Gasteiger partial charge in [-0.05, 0) is 126 Å². The van der Waals surface area contributed by atoms with E-state index in [1.54, 1.807) is 0 Å². The minimum atomic E-state index is -0.110. The molecule has 0 saturated carbocycles. The van der Waals surface area contributed by atoms with Gasteiger partial charge in [0.25, 0.3) is 0 Å². The molecule has 2 nitrogen and oxygen atoms in total. The van der Waals surface area contributed by atoms with E-state index in [4.69, 9.17) is 0 Å². The average Bonchev–Trinajstić information content (AvgIpc) is 3.62. The lowest BCUT2D eigenvalue weighted by atomic mass is 9.74. The van der Waals surface area contributed by atoms with Crippen LogP contribution in [0.3, 0.4) is 0 Å². The molecule has 2 heteroatoms. The van der Waals surface area contributed by atoms with Gasteiger partial charge in [-0.15, -0.1) is 0 Å². The second-order valence-corrected chi connectivity index (χ2v) is 15.5. The van der Waals surface area contributed by atoms with Crippen LogP contribution in [0.2, 0.25) is 0 Å². The Morgan fingerprint density at radius 3 is 2.18 bits per heavy atom. The number of aromatic nitrogens is 1. The molecule has 5 aromatic rings. The SMILES string of the molecule is C=C/C(=C\c1c(C)c(/C=C\C)n(-c2ccccc2)c1C)N(c1ccc2c(c1)C(C)(C)c1ccccc1-2)c1ccc2c(c1)C(C)(C)C1C=CC=CC21. The summed E-state index contributed by atoms with van der Waals surface area (Å²) in [6.07, 6.45) is 18.0. The lowest BCUT2D eigenvalue weighted by Crippen LogP contribution is -2.25. The second-order valence-electron chi connectivity index (χ2n) is 15.5. The topological polar surface area (TPSA) is 8.17 Å². The summed E-state index contributed by atoms with van der Waals surface area (Å²) in [5.74, 6) is 0.854. The maximum absolute atomic E-state index is 4.46. The first kappa shape index (κ1) is 32.8. The van der Waals surface area contributed by atoms with E-state index in [0.717, 1.165) is 22.8 Å². The molecule has 1 heterocycles. The van der Waals surface area contributed by atoms with Gasteiger partial charge in [-0.3, -0.25) is 0 Å². The van der Waals surface area contributed by atoms with Crippen LogP contribution >= 0.6 is 0 Å². The zero-order valence-corrected chi connectivity index (χ0v) is 31.0. The molecule has 51 heavy (non-hydrogen) atoms. The van der Waals surface area contributed by atoms with E-state index in [0.29, 0.717) is 11.8 Å². The van der Waals surface area contributed by atoms with Crippen molar-refractivity contribution in [1.82, 2.24) is 4.57 Å². The van der Waals surface area contributed by atoms with Crippen molar-refractivity contribution in [3.63, 3.8) is 0 Å². The largest absolute Gasteiger partial charge is 0.314 e. The molecule has 0 saturated heterocycles. The molecule has 3 aliphatic carbocycles. The maximum Gasteiger partial charge on any atom is 0.0491 e. The highest BCUT2D eigenvalue weighted by atomic mass is 15.1. The van der Waals surface area contributed by atoms with Gasteiger partial charge in [-0.1, -0.05) is 119 Å². The molecule has 0 bridgehead atoms. The number of rotatable bonds is 7. The molecule has 1 aromatic heterocycles. The van der Waals surface area contributed by atoms with Crippen molar-refractivity contribution < 1.29 is 0 Å². The predicted molar refractivity (Wildman–Crippen MR) is 218 cm³/mol. The fourth-order valence-electron chi connectivity index (χ4n) is 9.30. The molecule has 2 atom stereocenters. The van der Waals surface area contributed by atoms with E-state index in [-0.39, 0.29) is 10.8 Å². The van der Waals surface area contributed by atoms with E-state index in [1.165, 1.54) is 55.9 Å². The molecule has 3 aliphatic rings. The Morgan fingerprint density at radius 2 is 1.43 bits per heavy atom. The Balaban J connectivity index is 1.35. The van der Waals surface area contributed by atoms with E-state index >= 15 is 0 Å². The minimum absolute atomic E-state index is 0.00400. The molecule has 2 unspecified atom stereocenters. The van der Waals surface area contributed by atoms with Crippen molar-refractivity contribution in [2.45, 2.75) is 65.2 Å². The van der Waals surface area contributed by atoms with Gasteiger partial charge < -0.3 is 9.47 Å². The van der Waals surface area contributed by atoms with Crippen LogP contribution in [0.1, 0.15) is 85.3 Å². The number of anilines is 2. The van der Waals surface area contributed by atoms with Crippen molar-refractivity contribution in [2.75, 3.05) is 4.90 Å². The van der Waals surface area contributed by atoms with Crippen LogP contribution in [0.5, 0.6) is 0 Å². The molecule has 0 spiro atoms. The third-order valence-corrected chi connectivity index (χ3v) is 12.0. The highest BCUT2D eigenvalue weighted by Crippen LogP contribution is 2.55. The Hall–Kier alpha value is -5.34. The monoisotopic (exact) mass is 664 g/mol. The number of para-hydroxylation sites is 1. The Morgan fingerprint density at radius 1 is 0.765 bits per heavy atom. The van der Waals surface area contributed by atoms with Gasteiger partial charge in [0, 0.05) is 51.0 Å². The fourth-order valence-corrected chi connectivity index (χ4v) is 9.30. The summed E-state index contributed by atoms with van der Waals surface area (Å²) >= 11 is 0. The molecule has 0 fully saturated rings. The number of hydrogen-bond donors (Lipinski definition) is 0. The Labute approximate surface area is 304 Å². The average molecular weight is 665 g/mol. The number of fused-ring (bicyclic) bond motifs is 6. The van der Waals surface area contributed by atoms with E-state index in [2.05, 4.69) is 198 Å². The van der Waals surface area contributed by atoms with Crippen LogP contribution in [0.15, 0.2) is 140 Å². The zero-order valence-electron chi connectivity index (χ0n) is 31.0. The smallest absolute Gasteiger partial charge is 0.0491 e. The Bertz CT molecular complexity index is 2320. The van der Waals surface area contributed by atoms with Gasteiger partial charge >= 0.3 is 0 Å². The van der Waals surface area contributed by atoms with Crippen molar-refractivity contribution in [1.29, 1.82) is 0 Å². The van der Waals surface area contributed by atoms with Gasteiger partial charge in [0.1, 0.15) is 0 Å². The predicted octanol–water partition coefficient (Wildman–Crippen LogP) is 12.9. The summed E-state index contributed by atoms with van der Waals surface area (Å²) in [7, 11) is 0. The molecule has 254 valence electrons. The van der Waals surface area contributed by atoms with Gasteiger partial charge in [0.2, 0.25) is 0 Å². The van der Waals surface area contributed by atoms with E-state index < -0.39 is 0 Å². The summed E-state index contributed by atoms with van der Waals surface area (Å²) in [5.41, 5.74) is 17.5. The molecular weight excluding hydrogens is 617 g/mol. The van der Waals surface area contributed by atoms with Crippen molar-refractivity contribution in [3.05, 3.63) is 184 Å². The van der Waals surface area contributed by atoms with Crippen molar-refractivity contribution in [2.24, 2.45) is 5.92 Å². The van der Waals surface area contributed by atoms with Crippen LogP contribution in [0.25, 0.3) is 29.0 Å². The van der Waals surface area contributed by atoms with Crippen LogP contribution in [0.4, 0.5) is 11.4 Å². The summed E-state index contributed by atoms with van der Waals surface area (Å²) in [6.45, 7) is 20.6. The minimum Gasteiger partial charge on any atom is -0.314 e. The summed E-state index contributed by atoms with van der Waals surface area (Å²) < 4.78 is 2.38. The highest BCUT2D eigenvalue weighted by molar-refractivity contribution is 5.85. The summed E-state index contributed by atoms with van der Waals surface area (Å²) in [4.78, 5) is 2.43. The second kappa shape index (κ2) is 12.2. The van der Waals surface area contributed by atoms with Crippen molar-refractivity contribution >= 4 is 23.5 Å². The van der Waals surface area contributed by atoms with E-state index in [9.17, 15) is 0 Å². The fraction of sp³-hybridized carbons (Fsp3) is 0.224. The van der Waals surface area contributed by atoms with Crippen molar-refractivity contribution in [3.8, 4) is 16.8 Å². The lowest BCUT2D eigenvalue weighted by Gasteiger charge is -2.31. The lowest BCUT2D eigenvalue weighted by molar-refractivity contribution is 0.394.